The van der Waals surface area contributed by atoms with Gasteiger partial charge >= 0.3 is 0 Å². The van der Waals surface area contributed by atoms with Crippen LogP contribution in [0, 0.1) is 6.92 Å². The second kappa shape index (κ2) is 6.93. The minimum absolute atomic E-state index is 0.395. The zero-order valence-corrected chi connectivity index (χ0v) is 14.6. The third-order valence-electron chi connectivity index (χ3n) is 3.75. The molecule has 7 heteroatoms. The molecule has 1 aromatic carbocycles. The zero-order chi connectivity index (χ0) is 17.9. The maximum atomic E-state index is 6.00. The van der Waals surface area contributed by atoms with Crippen LogP contribution >= 0.6 is 11.6 Å². The molecule has 0 bridgehead atoms. The summed E-state index contributed by atoms with van der Waals surface area (Å²) in [4.78, 5) is 16.8. The number of aromatic nitrogens is 4. The first-order valence-electron chi connectivity index (χ1n) is 7.92. The van der Waals surface area contributed by atoms with Gasteiger partial charge in [-0.25, -0.2) is 15.0 Å². The molecule has 0 saturated carbocycles. The lowest BCUT2D eigenvalue weighted by Gasteiger charge is -2.12. The molecule has 0 spiro atoms. The van der Waals surface area contributed by atoms with Crippen molar-refractivity contribution in [2.45, 2.75) is 6.92 Å². The van der Waals surface area contributed by atoms with Gasteiger partial charge in [0, 0.05) is 11.9 Å². The third kappa shape index (κ3) is 3.41. The fraction of sp³-hybridized carbons (Fsp3) is 0.0526. The van der Waals surface area contributed by atoms with Crippen molar-refractivity contribution in [3.8, 4) is 11.5 Å². The first-order chi connectivity index (χ1) is 12.7. The highest BCUT2D eigenvalue weighted by molar-refractivity contribution is 6.29. The molecule has 1 N–H and O–H groups in total. The van der Waals surface area contributed by atoms with Gasteiger partial charge in [-0.1, -0.05) is 11.6 Å². The molecular weight excluding hydrogens is 350 g/mol. The molecule has 0 radical (unpaired) electrons. The van der Waals surface area contributed by atoms with Gasteiger partial charge < -0.3 is 10.1 Å². The van der Waals surface area contributed by atoms with Crippen molar-refractivity contribution in [3.05, 3.63) is 71.9 Å². The van der Waals surface area contributed by atoms with E-state index in [4.69, 9.17) is 16.3 Å². The average Bonchev–Trinajstić information content (AvgIpc) is 2.65. The quantitative estimate of drug-likeness (QED) is 0.519. The fourth-order valence-electron chi connectivity index (χ4n) is 2.52. The van der Waals surface area contributed by atoms with Crippen molar-refractivity contribution in [3.63, 3.8) is 0 Å². The Balaban J connectivity index is 1.62. The van der Waals surface area contributed by atoms with Gasteiger partial charge in [-0.05, 0) is 55.0 Å². The minimum Gasteiger partial charge on any atom is -0.455 e. The van der Waals surface area contributed by atoms with Crippen molar-refractivity contribution in [1.82, 2.24) is 19.9 Å². The van der Waals surface area contributed by atoms with Gasteiger partial charge in [0.25, 0.3) is 0 Å². The number of benzene rings is 1. The van der Waals surface area contributed by atoms with Crippen LogP contribution in [0.2, 0.25) is 5.15 Å². The third-order valence-corrected chi connectivity index (χ3v) is 3.96. The van der Waals surface area contributed by atoms with E-state index < -0.39 is 0 Å². The Morgan fingerprint density at radius 3 is 2.81 bits per heavy atom. The molecule has 3 aromatic heterocycles. The second-order valence-electron chi connectivity index (χ2n) is 5.62. The van der Waals surface area contributed by atoms with E-state index in [1.165, 1.54) is 6.33 Å². The average molecular weight is 364 g/mol. The topological polar surface area (TPSA) is 72.8 Å². The van der Waals surface area contributed by atoms with E-state index in [9.17, 15) is 0 Å². The summed E-state index contributed by atoms with van der Waals surface area (Å²) in [6, 6.07) is 13.0. The predicted octanol–water partition coefficient (Wildman–Crippen LogP) is 4.92. The summed E-state index contributed by atoms with van der Waals surface area (Å²) >= 11 is 6.00. The standard InChI is InChI=1S/C19H14ClN5O/c1-12-9-13(4-6-16(12)26-14-3-2-8-21-10-14)24-19-18-15(22-11-23-19)5-7-17(20)25-18/h2-11H,1H3,(H,22,23,24). The maximum absolute atomic E-state index is 6.00. The number of ether oxygens (including phenoxy) is 1. The number of pyridine rings is 2. The molecule has 0 aliphatic heterocycles. The summed E-state index contributed by atoms with van der Waals surface area (Å²) < 4.78 is 5.85. The Morgan fingerprint density at radius 1 is 1.08 bits per heavy atom. The number of hydrogen-bond acceptors (Lipinski definition) is 6. The van der Waals surface area contributed by atoms with Crippen LogP contribution in [0.25, 0.3) is 11.0 Å². The van der Waals surface area contributed by atoms with Gasteiger partial charge in [0.15, 0.2) is 5.82 Å². The molecule has 0 aliphatic carbocycles. The van der Waals surface area contributed by atoms with Gasteiger partial charge in [-0.2, -0.15) is 0 Å². The van der Waals surface area contributed by atoms with Gasteiger partial charge in [0.2, 0.25) is 0 Å². The van der Waals surface area contributed by atoms with E-state index in [1.807, 2.05) is 43.3 Å². The number of nitrogens with one attached hydrogen (secondary N) is 1. The van der Waals surface area contributed by atoms with Crippen LogP contribution in [-0.4, -0.2) is 19.9 Å². The first kappa shape index (κ1) is 16.2. The molecule has 0 atom stereocenters. The highest BCUT2D eigenvalue weighted by Crippen LogP contribution is 2.29. The Labute approximate surface area is 154 Å². The van der Waals surface area contributed by atoms with E-state index in [0.717, 1.165) is 22.5 Å². The molecule has 0 aliphatic rings. The molecular formula is C19H14ClN5O. The van der Waals surface area contributed by atoms with Gasteiger partial charge in [0.1, 0.15) is 28.5 Å². The number of rotatable bonds is 4. The lowest BCUT2D eigenvalue weighted by atomic mass is 10.2. The Kier molecular flexibility index (Phi) is 4.33. The van der Waals surface area contributed by atoms with E-state index in [2.05, 4.69) is 25.3 Å². The van der Waals surface area contributed by atoms with E-state index >= 15 is 0 Å². The van der Waals surface area contributed by atoms with Crippen molar-refractivity contribution in [1.29, 1.82) is 0 Å². The summed E-state index contributed by atoms with van der Waals surface area (Å²) in [5.74, 6) is 2.05. The van der Waals surface area contributed by atoms with Crippen LogP contribution in [0.1, 0.15) is 5.56 Å². The van der Waals surface area contributed by atoms with Gasteiger partial charge in [-0.15, -0.1) is 0 Å². The van der Waals surface area contributed by atoms with Crippen LogP contribution in [0.15, 0.2) is 61.2 Å². The summed E-state index contributed by atoms with van der Waals surface area (Å²) in [6.07, 6.45) is 4.88. The number of anilines is 2. The fourth-order valence-corrected chi connectivity index (χ4v) is 2.67. The molecule has 4 rings (SSSR count). The van der Waals surface area contributed by atoms with Crippen LogP contribution < -0.4 is 10.1 Å². The number of halogens is 1. The van der Waals surface area contributed by atoms with Crippen LogP contribution in [-0.2, 0) is 0 Å². The normalized spacial score (nSPS) is 10.7. The Morgan fingerprint density at radius 2 is 2.00 bits per heavy atom. The number of hydrogen-bond donors (Lipinski definition) is 1. The molecule has 3 heterocycles. The molecule has 0 unspecified atom stereocenters. The van der Waals surface area contributed by atoms with Crippen molar-refractivity contribution < 1.29 is 4.74 Å². The van der Waals surface area contributed by atoms with E-state index in [1.54, 1.807) is 18.5 Å². The highest BCUT2D eigenvalue weighted by Gasteiger charge is 2.08. The summed E-state index contributed by atoms with van der Waals surface area (Å²) in [7, 11) is 0. The molecule has 0 fully saturated rings. The summed E-state index contributed by atoms with van der Waals surface area (Å²) in [5, 5.41) is 3.66. The van der Waals surface area contributed by atoms with Crippen LogP contribution in [0.5, 0.6) is 11.5 Å². The van der Waals surface area contributed by atoms with E-state index in [-0.39, 0.29) is 0 Å². The predicted molar refractivity (Wildman–Crippen MR) is 101 cm³/mol. The number of aryl methyl sites for hydroxylation is 1. The largest absolute Gasteiger partial charge is 0.455 e. The zero-order valence-electron chi connectivity index (χ0n) is 13.8. The van der Waals surface area contributed by atoms with Crippen LogP contribution in [0.4, 0.5) is 11.5 Å². The Bertz CT molecular complexity index is 1070. The van der Waals surface area contributed by atoms with Crippen molar-refractivity contribution >= 4 is 34.1 Å². The Hall–Kier alpha value is -3.25. The van der Waals surface area contributed by atoms with E-state index in [0.29, 0.717) is 22.2 Å². The number of fused-ring (bicyclic) bond motifs is 1. The molecule has 0 amide bonds. The summed E-state index contributed by atoms with van der Waals surface area (Å²) in [5.41, 5.74) is 3.18. The van der Waals surface area contributed by atoms with Gasteiger partial charge in [0.05, 0.1) is 11.7 Å². The lowest BCUT2D eigenvalue weighted by Crippen LogP contribution is -1.98. The maximum Gasteiger partial charge on any atom is 0.160 e. The molecule has 6 nitrogen and oxygen atoms in total. The van der Waals surface area contributed by atoms with Crippen molar-refractivity contribution in [2.75, 3.05) is 5.32 Å². The molecule has 4 aromatic rings. The highest BCUT2D eigenvalue weighted by atomic mass is 35.5. The molecule has 26 heavy (non-hydrogen) atoms. The monoisotopic (exact) mass is 363 g/mol. The smallest absolute Gasteiger partial charge is 0.160 e. The van der Waals surface area contributed by atoms with Gasteiger partial charge in [-0.3, -0.25) is 4.98 Å². The second-order valence-corrected chi connectivity index (χ2v) is 6.01. The lowest BCUT2D eigenvalue weighted by molar-refractivity contribution is 0.476. The molecule has 128 valence electrons. The SMILES string of the molecule is Cc1cc(Nc2ncnc3ccc(Cl)nc23)ccc1Oc1cccnc1. The van der Waals surface area contributed by atoms with Crippen LogP contribution in [0.3, 0.4) is 0 Å². The number of nitrogens with zero attached hydrogens (tertiary/aromatic N) is 4. The molecule has 0 saturated heterocycles. The minimum atomic E-state index is 0.395. The first-order valence-corrected chi connectivity index (χ1v) is 8.30. The summed E-state index contributed by atoms with van der Waals surface area (Å²) in [6.45, 7) is 1.98. The van der Waals surface area contributed by atoms with Crippen molar-refractivity contribution in [2.24, 2.45) is 0 Å².